The summed E-state index contributed by atoms with van der Waals surface area (Å²) in [6.07, 6.45) is 1.19. The van der Waals surface area contributed by atoms with Crippen LogP contribution in [0.1, 0.15) is 23.8 Å². The molecule has 4 nitrogen and oxygen atoms in total. The summed E-state index contributed by atoms with van der Waals surface area (Å²) < 4.78 is 0. The highest BCUT2D eigenvalue weighted by Gasteiger charge is 2.21. The van der Waals surface area contributed by atoms with Crippen molar-refractivity contribution in [1.29, 1.82) is 0 Å². The lowest BCUT2D eigenvalue weighted by Crippen LogP contribution is -2.31. The summed E-state index contributed by atoms with van der Waals surface area (Å²) in [5, 5.41) is 4.73. The predicted molar refractivity (Wildman–Crippen MR) is 64.7 cm³/mol. The minimum atomic E-state index is -0.0452. The molecular formula is C11H17N3OS. The maximum atomic E-state index is 11.6. The molecule has 2 rings (SSSR count). The van der Waals surface area contributed by atoms with Crippen molar-refractivity contribution >= 4 is 17.2 Å². The van der Waals surface area contributed by atoms with Gasteiger partial charge in [-0.2, -0.15) is 0 Å². The van der Waals surface area contributed by atoms with Crippen LogP contribution in [-0.2, 0) is 0 Å². The Morgan fingerprint density at radius 1 is 1.75 bits per heavy atom. The molecule has 1 saturated heterocycles. The molecule has 1 aliphatic rings. The van der Waals surface area contributed by atoms with Crippen LogP contribution < -0.4 is 5.32 Å². The van der Waals surface area contributed by atoms with Crippen LogP contribution in [0.3, 0.4) is 0 Å². The van der Waals surface area contributed by atoms with E-state index < -0.39 is 0 Å². The third kappa shape index (κ3) is 2.80. The van der Waals surface area contributed by atoms with E-state index in [1.807, 2.05) is 0 Å². The minimum Gasteiger partial charge on any atom is -0.350 e. The van der Waals surface area contributed by atoms with Gasteiger partial charge in [0.25, 0.3) is 5.91 Å². The van der Waals surface area contributed by atoms with Crippen LogP contribution in [0.4, 0.5) is 0 Å². The molecule has 16 heavy (non-hydrogen) atoms. The van der Waals surface area contributed by atoms with Crippen molar-refractivity contribution in [3.63, 3.8) is 0 Å². The third-order valence-corrected chi connectivity index (χ3v) is 3.62. The van der Waals surface area contributed by atoms with Gasteiger partial charge in [-0.25, -0.2) is 4.98 Å². The van der Waals surface area contributed by atoms with Crippen molar-refractivity contribution < 1.29 is 4.79 Å². The normalized spacial score (nSPS) is 21.2. The average molecular weight is 239 g/mol. The van der Waals surface area contributed by atoms with Crippen molar-refractivity contribution in [2.75, 3.05) is 26.2 Å². The number of thiazole rings is 1. The second-order valence-electron chi connectivity index (χ2n) is 4.13. The van der Waals surface area contributed by atoms with Crippen LogP contribution in [0.25, 0.3) is 0 Å². The van der Waals surface area contributed by atoms with Crippen molar-refractivity contribution in [3.05, 3.63) is 16.6 Å². The van der Waals surface area contributed by atoms with Gasteiger partial charge in [0.2, 0.25) is 0 Å². The Balaban J connectivity index is 1.74. The number of carbonyl (C=O) groups excluding carboxylic acids is 1. The second kappa shape index (κ2) is 5.41. The molecule has 88 valence electrons. The van der Waals surface area contributed by atoms with Gasteiger partial charge in [-0.05, 0) is 25.4 Å². The summed E-state index contributed by atoms with van der Waals surface area (Å²) in [4.78, 5) is 18.0. The van der Waals surface area contributed by atoms with Crippen molar-refractivity contribution in [1.82, 2.24) is 15.2 Å². The molecule has 0 saturated carbocycles. The lowest BCUT2D eigenvalue weighted by Gasteiger charge is -2.13. The van der Waals surface area contributed by atoms with E-state index in [1.165, 1.54) is 17.8 Å². The van der Waals surface area contributed by atoms with Gasteiger partial charge in [-0.1, -0.05) is 6.92 Å². The highest BCUT2D eigenvalue weighted by Crippen LogP contribution is 2.14. The summed E-state index contributed by atoms with van der Waals surface area (Å²) in [5.74, 6) is 0.554. The van der Waals surface area contributed by atoms with E-state index in [0.29, 0.717) is 11.6 Å². The molecule has 1 atom stereocenters. The molecule has 0 bridgehead atoms. The number of aromatic nitrogens is 1. The monoisotopic (exact) mass is 239 g/mol. The van der Waals surface area contributed by atoms with Gasteiger partial charge in [0.15, 0.2) is 0 Å². The highest BCUT2D eigenvalue weighted by atomic mass is 32.1. The molecule has 1 fully saturated rings. The van der Waals surface area contributed by atoms with Crippen LogP contribution in [0, 0.1) is 5.92 Å². The van der Waals surface area contributed by atoms with E-state index in [0.717, 1.165) is 26.2 Å². The topological polar surface area (TPSA) is 45.2 Å². The number of amides is 1. The molecule has 1 aliphatic heterocycles. The van der Waals surface area contributed by atoms with E-state index in [1.54, 1.807) is 10.9 Å². The maximum absolute atomic E-state index is 11.6. The highest BCUT2D eigenvalue weighted by molar-refractivity contribution is 7.07. The third-order valence-electron chi connectivity index (χ3n) is 3.03. The number of rotatable bonds is 4. The van der Waals surface area contributed by atoms with Crippen molar-refractivity contribution in [3.8, 4) is 0 Å². The molecular weight excluding hydrogens is 222 g/mol. The average Bonchev–Trinajstić information content (AvgIpc) is 2.96. The van der Waals surface area contributed by atoms with Crippen LogP contribution in [0.5, 0.6) is 0 Å². The molecule has 1 unspecified atom stereocenters. The molecule has 0 aliphatic carbocycles. The van der Waals surface area contributed by atoms with Crippen molar-refractivity contribution in [2.45, 2.75) is 13.3 Å². The molecule has 1 amide bonds. The maximum Gasteiger partial charge on any atom is 0.270 e. The van der Waals surface area contributed by atoms with Crippen LogP contribution in [-0.4, -0.2) is 42.0 Å². The SMILES string of the molecule is CCN1CCC(CNC(=O)c2cscn2)C1. The van der Waals surface area contributed by atoms with E-state index in [4.69, 9.17) is 0 Å². The van der Waals surface area contributed by atoms with Gasteiger partial charge < -0.3 is 10.2 Å². The molecule has 5 heteroatoms. The quantitative estimate of drug-likeness (QED) is 0.859. The Hall–Kier alpha value is -0.940. The Morgan fingerprint density at radius 3 is 3.25 bits per heavy atom. The van der Waals surface area contributed by atoms with Crippen LogP contribution in [0.2, 0.25) is 0 Å². The lowest BCUT2D eigenvalue weighted by molar-refractivity contribution is 0.0943. The Kier molecular flexibility index (Phi) is 3.90. The zero-order valence-corrected chi connectivity index (χ0v) is 10.3. The summed E-state index contributed by atoms with van der Waals surface area (Å²) in [5.41, 5.74) is 2.22. The largest absolute Gasteiger partial charge is 0.350 e. The first-order valence-electron chi connectivity index (χ1n) is 5.68. The Morgan fingerprint density at radius 2 is 2.62 bits per heavy atom. The van der Waals surface area contributed by atoms with Gasteiger partial charge in [0.05, 0.1) is 5.51 Å². The summed E-state index contributed by atoms with van der Waals surface area (Å²) in [6, 6.07) is 0. The fourth-order valence-corrected chi connectivity index (χ4v) is 2.55. The minimum absolute atomic E-state index is 0.0452. The van der Waals surface area contributed by atoms with Gasteiger partial charge >= 0.3 is 0 Å². The number of nitrogens with one attached hydrogen (secondary N) is 1. The van der Waals surface area contributed by atoms with E-state index in [-0.39, 0.29) is 5.91 Å². The number of nitrogens with zero attached hydrogens (tertiary/aromatic N) is 2. The standard InChI is InChI=1S/C11H17N3OS/c1-2-14-4-3-9(6-14)5-12-11(15)10-7-16-8-13-10/h7-9H,2-6H2,1H3,(H,12,15). The van der Waals surface area contributed by atoms with Crippen LogP contribution in [0.15, 0.2) is 10.9 Å². The smallest absolute Gasteiger partial charge is 0.270 e. The van der Waals surface area contributed by atoms with Gasteiger partial charge in [-0.3, -0.25) is 4.79 Å². The molecule has 1 aromatic heterocycles. The fraction of sp³-hybridized carbons (Fsp3) is 0.636. The van der Waals surface area contributed by atoms with E-state index in [2.05, 4.69) is 22.1 Å². The summed E-state index contributed by atoms with van der Waals surface area (Å²) >= 11 is 1.45. The van der Waals surface area contributed by atoms with Crippen LogP contribution >= 0.6 is 11.3 Å². The molecule has 1 aromatic rings. The van der Waals surface area contributed by atoms with E-state index in [9.17, 15) is 4.79 Å². The number of hydrogen-bond acceptors (Lipinski definition) is 4. The van der Waals surface area contributed by atoms with Gasteiger partial charge in [0, 0.05) is 18.5 Å². The molecule has 0 aromatic carbocycles. The van der Waals surface area contributed by atoms with Gasteiger partial charge in [0.1, 0.15) is 5.69 Å². The molecule has 1 N–H and O–H groups in total. The second-order valence-corrected chi connectivity index (χ2v) is 4.85. The number of likely N-dealkylation sites (tertiary alicyclic amines) is 1. The van der Waals surface area contributed by atoms with Gasteiger partial charge in [-0.15, -0.1) is 11.3 Å². The van der Waals surface area contributed by atoms with E-state index >= 15 is 0 Å². The summed E-state index contributed by atoms with van der Waals surface area (Å²) in [6.45, 7) is 6.32. The number of hydrogen-bond donors (Lipinski definition) is 1. The Labute approximate surface area is 99.7 Å². The van der Waals surface area contributed by atoms with Crippen molar-refractivity contribution in [2.24, 2.45) is 5.92 Å². The number of carbonyl (C=O) groups is 1. The first kappa shape index (κ1) is 11.5. The lowest BCUT2D eigenvalue weighted by atomic mass is 10.1. The first-order valence-corrected chi connectivity index (χ1v) is 6.62. The zero-order valence-electron chi connectivity index (χ0n) is 9.48. The first-order chi connectivity index (χ1) is 7.79. The zero-order chi connectivity index (χ0) is 11.4. The Bertz CT molecular complexity index is 339. The molecule has 0 spiro atoms. The summed E-state index contributed by atoms with van der Waals surface area (Å²) in [7, 11) is 0. The fourth-order valence-electron chi connectivity index (χ4n) is 2.02. The molecule has 2 heterocycles. The predicted octanol–water partition coefficient (Wildman–Crippen LogP) is 1.21. The molecule has 0 radical (unpaired) electrons.